The molecule has 2 atom stereocenters. The summed E-state index contributed by atoms with van der Waals surface area (Å²) in [5.41, 5.74) is 1.02. The van der Waals surface area contributed by atoms with Crippen molar-refractivity contribution in [3.63, 3.8) is 0 Å². The smallest absolute Gasteiger partial charge is 0.264 e. The van der Waals surface area contributed by atoms with Crippen molar-refractivity contribution < 1.29 is 37.1 Å². The van der Waals surface area contributed by atoms with Crippen LogP contribution in [-0.4, -0.2) is 103 Å². The largest absolute Gasteiger partial charge is 0.371 e. The number of hydrogen-bond acceptors (Lipinski definition) is 9. The number of hydrogen-bond donors (Lipinski definition) is 2. The van der Waals surface area contributed by atoms with Gasteiger partial charge in [-0.2, -0.15) is 0 Å². The lowest BCUT2D eigenvalue weighted by Crippen LogP contribution is -2.54. The van der Waals surface area contributed by atoms with Gasteiger partial charge in [-0.3, -0.25) is 39.1 Å². The molecule has 55 heavy (non-hydrogen) atoms. The van der Waals surface area contributed by atoms with E-state index in [0.29, 0.717) is 72.0 Å². The minimum absolute atomic E-state index is 0.00930. The van der Waals surface area contributed by atoms with Crippen LogP contribution in [0.5, 0.6) is 0 Å². The van der Waals surface area contributed by atoms with Crippen molar-refractivity contribution in [3.8, 4) is 0 Å². The number of nitrogens with one attached hydrogen (secondary N) is 2. The van der Waals surface area contributed by atoms with Crippen molar-refractivity contribution in [2.45, 2.75) is 56.4 Å². The van der Waals surface area contributed by atoms with E-state index in [0.717, 1.165) is 30.2 Å². The summed E-state index contributed by atoms with van der Waals surface area (Å²) >= 11 is 6.55. The topological polar surface area (TPSA) is 135 Å². The molecule has 6 heterocycles. The summed E-state index contributed by atoms with van der Waals surface area (Å²) in [6, 6.07) is 9.96. The number of piperazine rings is 1. The molecule has 0 bridgehead atoms. The molecule has 5 aliphatic heterocycles. The molecule has 0 radical (unpaired) electrons. The van der Waals surface area contributed by atoms with E-state index < -0.39 is 53.7 Å². The molecule has 3 saturated heterocycles. The van der Waals surface area contributed by atoms with E-state index in [1.807, 2.05) is 17.0 Å². The number of piperidine rings is 2. The van der Waals surface area contributed by atoms with Crippen LogP contribution in [0.3, 0.4) is 0 Å². The summed E-state index contributed by atoms with van der Waals surface area (Å²) < 4.78 is 43.0. The van der Waals surface area contributed by atoms with E-state index in [2.05, 4.69) is 20.5 Å². The number of carbonyl (C=O) groups is 5. The van der Waals surface area contributed by atoms with Gasteiger partial charge in [-0.1, -0.05) is 23.7 Å². The predicted octanol–water partition coefficient (Wildman–Crippen LogP) is 4.60. The number of imide groups is 2. The highest BCUT2D eigenvalue weighted by Crippen LogP contribution is 2.48. The van der Waals surface area contributed by atoms with E-state index in [1.54, 1.807) is 23.1 Å². The Morgan fingerprint density at radius 1 is 0.964 bits per heavy atom. The number of carbonyl (C=O) groups excluding carboxylic acids is 5. The van der Waals surface area contributed by atoms with Gasteiger partial charge in [0.2, 0.25) is 24.1 Å². The van der Waals surface area contributed by atoms with Gasteiger partial charge in [0.05, 0.1) is 23.4 Å². The van der Waals surface area contributed by atoms with Crippen molar-refractivity contribution in [1.29, 1.82) is 0 Å². The summed E-state index contributed by atoms with van der Waals surface area (Å²) in [6.45, 7) is 3.23. The van der Waals surface area contributed by atoms with Gasteiger partial charge < -0.3 is 15.1 Å². The third-order valence-electron chi connectivity index (χ3n) is 11.7. The van der Waals surface area contributed by atoms with Crippen LogP contribution in [0.1, 0.15) is 70.4 Å². The van der Waals surface area contributed by atoms with E-state index in [4.69, 9.17) is 11.6 Å². The minimum atomic E-state index is -2.60. The Morgan fingerprint density at radius 2 is 1.76 bits per heavy atom. The first-order valence-electron chi connectivity index (χ1n) is 18.5. The summed E-state index contributed by atoms with van der Waals surface area (Å²) in [5, 5.41) is 5.69. The summed E-state index contributed by atoms with van der Waals surface area (Å²) in [5.74, 6) is -2.56. The molecule has 8 rings (SSSR count). The lowest BCUT2D eigenvalue weighted by atomic mass is 9.74. The first kappa shape index (κ1) is 36.9. The Balaban J connectivity index is 0.883. The lowest BCUT2D eigenvalue weighted by molar-refractivity contribution is -0.136. The highest BCUT2D eigenvalue weighted by atomic mass is 35.5. The number of amides is 5. The molecule has 16 heteroatoms. The van der Waals surface area contributed by atoms with Crippen LogP contribution in [0.25, 0.3) is 0 Å². The van der Waals surface area contributed by atoms with E-state index in [-0.39, 0.29) is 43.0 Å². The van der Waals surface area contributed by atoms with Gasteiger partial charge in [0, 0.05) is 73.5 Å². The summed E-state index contributed by atoms with van der Waals surface area (Å²) in [6.07, 6.45) is 0.828. The van der Waals surface area contributed by atoms with Crippen LogP contribution < -0.4 is 20.4 Å². The van der Waals surface area contributed by atoms with Crippen molar-refractivity contribution in [2.24, 2.45) is 5.92 Å². The highest BCUT2D eigenvalue weighted by Gasteiger charge is 2.47. The van der Waals surface area contributed by atoms with Crippen LogP contribution in [0, 0.1) is 11.7 Å². The number of pyridine rings is 1. The van der Waals surface area contributed by atoms with Crippen LogP contribution in [-0.2, 0) is 19.8 Å². The second kappa shape index (κ2) is 14.6. The average molecular weight is 778 g/mol. The number of alkyl halides is 2. The van der Waals surface area contributed by atoms with Crippen LogP contribution in [0.2, 0.25) is 5.02 Å². The van der Waals surface area contributed by atoms with Gasteiger partial charge in [0.25, 0.3) is 11.8 Å². The number of benzene rings is 2. The first-order valence-corrected chi connectivity index (χ1v) is 18.9. The number of aromatic nitrogens is 1. The van der Waals surface area contributed by atoms with Crippen molar-refractivity contribution >= 4 is 58.3 Å². The molecular formula is C39H39ClF3N7O5. The van der Waals surface area contributed by atoms with Crippen LogP contribution in [0.4, 0.5) is 30.4 Å². The molecule has 3 aromatic rings. The normalized spacial score (nSPS) is 23.4. The van der Waals surface area contributed by atoms with Gasteiger partial charge in [-0.05, 0) is 74.0 Å². The Hall–Kier alpha value is -5.02. The van der Waals surface area contributed by atoms with Crippen molar-refractivity contribution in [1.82, 2.24) is 20.1 Å². The molecule has 2 N–H and O–H groups in total. The van der Waals surface area contributed by atoms with Crippen molar-refractivity contribution in [3.05, 3.63) is 81.8 Å². The first-order chi connectivity index (χ1) is 26.4. The molecule has 0 spiro atoms. The molecule has 288 valence electrons. The zero-order chi connectivity index (χ0) is 38.6. The monoisotopic (exact) mass is 777 g/mol. The molecule has 2 unspecified atom stereocenters. The average Bonchev–Trinajstić information content (AvgIpc) is 3.65. The highest BCUT2D eigenvalue weighted by molar-refractivity contribution is 6.32. The second-order valence-electron chi connectivity index (χ2n) is 14.9. The van der Waals surface area contributed by atoms with E-state index in [9.17, 15) is 37.1 Å². The Bertz CT molecular complexity index is 2100. The molecule has 3 fully saturated rings. The standard InChI is InChI=1S/C39H39ClF3N7O5/c40-27-6-10-44-35-34(27)39(21-45-35,19-30(42)43)23-2-1-3-25(16-23)49-15-14-47(20-32(49)52)11-7-22-8-12-48(13-9-22)29-18-24(41)17-26-33(29)38(55)50(37(26)54)28-4-5-31(51)46-36(28)53/h1-3,6,10,16-18,22,28,30H,4-5,7-9,11-15,19-21H2,(H,44,45)(H,46,51,53). The second-order valence-corrected chi connectivity index (χ2v) is 15.3. The van der Waals surface area contributed by atoms with E-state index >= 15 is 0 Å². The number of nitrogens with zero attached hydrogens (tertiary/aromatic N) is 5. The fourth-order valence-electron chi connectivity index (χ4n) is 8.93. The van der Waals surface area contributed by atoms with Gasteiger partial charge in [0.15, 0.2) is 0 Å². The van der Waals surface area contributed by atoms with Crippen LogP contribution in [0.15, 0.2) is 48.7 Å². The number of anilines is 3. The van der Waals surface area contributed by atoms with Gasteiger partial charge >= 0.3 is 0 Å². The molecule has 1 aromatic heterocycles. The zero-order valence-corrected chi connectivity index (χ0v) is 30.6. The Morgan fingerprint density at radius 3 is 2.51 bits per heavy atom. The lowest BCUT2D eigenvalue weighted by Gasteiger charge is -2.37. The maximum Gasteiger partial charge on any atom is 0.264 e. The quantitative estimate of drug-likeness (QED) is 0.299. The van der Waals surface area contributed by atoms with Gasteiger partial charge in [-0.15, -0.1) is 0 Å². The SMILES string of the molecule is O=C1CCC(N2C(=O)c3cc(F)cc(N4CCC(CCN5CCN(c6cccc(C7(CC(F)F)CNc8nccc(Cl)c87)c6)C(=O)C5)CC4)c3C2=O)C(=O)N1. The fraction of sp³-hybridized carbons (Fsp3) is 0.436. The fourth-order valence-corrected chi connectivity index (χ4v) is 9.25. The molecule has 0 saturated carbocycles. The van der Waals surface area contributed by atoms with Gasteiger partial charge in [0.1, 0.15) is 17.7 Å². The summed E-state index contributed by atoms with van der Waals surface area (Å²) in [7, 11) is 0. The van der Waals surface area contributed by atoms with E-state index in [1.165, 1.54) is 12.3 Å². The van der Waals surface area contributed by atoms with Crippen LogP contribution >= 0.6 is 11.6 Å². The maximum atomic E-state index is 14.9. The Labute approximate surface area is 320 Å². The molecular weight excluding hydrogens is 739 g/mol. The number of fused-ring (bicyclic) bond motifs is 2. The molecule has 12 nitrogen and oxygen atoms in total. The maximum absolute atomic E-state index is 14.9. The summed E-state index contributed by atoms with van der Waals surface area (Å²) in [4.78, 5) is 75.5. The predicted molar refractivity (Wildman–Crippen MR) is 197 cm³/mol. The number of halogens is 4. The molecule has 5 aliphatic rings. The Kier molecular flexibility index (Phi) is 9.78. The van der Waals surface area contributed by atoms with Crippen molar-refractivity contribution in [2.75, 3.05) is 60.9 Å². The third kappa shape index (κ3) is 6.70. The minimum Gasteiger partial charge on any atom is -0.371 e. The zero-order valence-electron chi connectivity index (χ0n) is 29.8. The number of rotatable bonds is 9. The molecule has 2 aromatic carbocycles. The van der Waals surface area contributed by atoms with Gasteiger partial charge in [-0.25, -0.2) is 18.2 Å². The molecule has 0 aliphatic carbocycles. The third-order valence-corrected chi connectivity index (χ3v) is 12.1. The molecule has 5 amide bonds.